The Bertz CT molecular complexity index is 283. The molecule has 5 heteroatoms. The molecule has 0 saturated heterocycles. The van der Waals surface area contributed by atoms with Crippen LogP contribution in [0.1, 0.15) is 18.4 Å². The second kappa shape index (κ2) is 3.83. The van der Waals surface area contributed by atoms with Gasteiger partial charge in [-0.25, -0.2) is 9.97 Å². The maximum Gasteiger partial charge on any atom is 0.137 e. The fraction of sp³-hybridized carbons (Fsp3) is 0.286. The quantitative estimate of drug-likeness (QED) is 0.548. The molecular formula is C7H6Cl2N2O. The van der Waals surface area contributed by atoms with Crippen LogP contribution in [0.15, 0.2) is 6.33 Å². The minimum Gasteiger partial charge on any atom is -0.303 e. The molecule has 0 aliphatic carbocycles. The Morgan fingerprint density at radius 3 is 2.33 bits per heavy atom. The summed E-state index contributed by atoms with van der Waals surface area (Å²) in [5, 5.41) is 0.462. The minimum absolute atomic E-state index is 0.231. The maximum atomic E-state index is 10.4. The summed E-state index contributed by atoms with van der Waals surface area (Å²) in [6.45, 7) is 1.68. The van der Waals surface area contributed by atoms with Crippen LogP contribution in [0.3, 0.4) is 0 Å². The molecule has 0 bridgehead atoms. The van der Waals surface area contributed by atoms with Gasteiger partial charge in [-0.2, -0.15) is 0 Å². The van der Waals surface area contributed by atoms with Gasteiger partial charge in [-0.15, -0.1) is 0 Å². The Kier molecular flexibility index (Phi) is 3.00. The van der Waals surface area contributed by atoms with Crippen molar-refractivity contribution in [1.29, 1.82) is 0 Å². The third-order valence-electron chi connectivity index (χ3n) is 1.45. The first kappa shape index (κ1) is 9.42. The van der Waals surface area contributed by atoms with Gasteiger partial charge in [0.25, 0.3) is 0 Å². The van der Waals surface area contributed by atoms with Crippen molar-refractivity contribution in [2.75, 3.05) is 0 Å². The van der Waals surface area contributed by atoms with Gasteiger partial charge < -0.3 is 4.79 Å². The first-order valence-corrected chi connectivity index (χ1v) is 4.03. The number of aldehydes is 1. The van der Waals surface area contributed by atoms with Crippen molar-refractivity contribution in [3.05, 3.63) is 22.2 Å². The molecule has 0 aliphatic rings. The third kappa shape index (κ3) is 1.73. The largest absolute Gasteiger partial charge is 0.303 e. The molecule has 0 aliphatic heterocycles. The lowest BCUT2D eigenvalue weighted by Gasteiger charge is -2.06. The number of halogens is 2. The zero-order valence-corrected chi connectivity index (χ0v) is 7.80. The van der Waals surface area contributed by atoms with Crippen LogP contribution in [0, 0.1) is 0 Å². The molecule has 0 aromatic carbocycles. The molecule has 0 radical (unpaired) electrons. The maximum absolute atomic E-state index is 10.4. The zero-order valence-electron chi connectivity index (χ0n) is 6.29. The molecule has 1 heterocycles. The summed E-state index contributed by atoms with van der Waals surface area (Å²) in [6, 6.07) is 0. The Labute approximate surface area is 79.7 Å². The van der Waals surface area contributed by atoms with Crippen molar-refractivity contribution >= 4 is 29.5 Å². The van der Waals surface area contributed by atoms with Gasteiger partial charge in [-0.3, -0.25) is 0 Å². The van der Waals surface area contributed by atoms with E-state index in [1.807, 2.05) is 0 Å². The van der Waals surface area contributed by atoms with Crippen LogP contribution in [0.4, 0.5) is 0 Å². The van der Waals surface area contributed by atoms with Gasteiger partial charge in [0.1, 0.15) is 22.9 Å². The molecule has 0 spiro atoms. The lowest BCUT2D eigenvalue weighted by molar-refractivity contribution is -0.108. The molecule has 0 saturated carbocycles. The molecule has 12 heavy (non-hydrogen) atoms. The highest BCUT2D eigenvalue weighted by Crippen LogP contribution is 2.26. The number of rotatable bonds is 2. The van der Waals surface area contributed by atoms with Crippen molar-refractivity contribution in [2.24, 2.45) is 0 Å². The molecule has 0 fully saturated rings. The Morgan fingerprint density at radius 1 is 1.42 bits per heavy atom. The van der Waals surface area contributed by atoms with E-state index in [0.29, 0.717) is 5.56 Å². The van der Waals surface area contributed by atoms with E-state index < -0.39 is 0 Å². The molecule has 0 N–H and O–H groups in total. The van der Waals surface area contributed by atoms with Crippen LogP contribution < -0.4 is 0 Å². The minimum atomic E-state index is -0.369. The highest BCUT2D eigenvalue weighted by Gasteiger charge is 2.14. The van der Waals surface area contributed by atoms with Gasteiger partial charge in [0, 0.05) is 11.5 Å². The van der Waals surface area contributed by atoms with Gasteiger partial charge in [-0.1, -0.05) is 30.1 Å². The van der Waals surface area contributed by atoms with E-state index in [2.05, 4.69) is 9.97 Å². The van der Waals surface area contributed by atoms with Crippen LogP contribution in [0.2, 0.25) is 10.3 Å². The Morgan fingerprint density at radius 2 is 1.92 bits per heavy atom. The fourth-order valence-electron chi connectivity index (χ4n) is 0.798. The van der Waals surface area contributed by atoms with Crippen LogP contribution in [0.25, 0.3) is 0 Å². The summed E-state index contributed by atoms with van der Waals surface area (Å²) in [4.78, 5) is 17.9. The molecule has 1 atom stereocenters. The summed E-state index contributed by atoms with van der Waals surface area (Å²) in [5.41, 5.74) is 0.482. The summed E-state index contributed by atoms with van der Waals surface area (Å²) >= 11 is 11.4. The van der Waals surface area contributed by atoms with Crippen molar-refractivity contribution in [3.63, 3.8) is 0 Å². The van der Waals surface area contributed by atoms with E-state index in [9.17, 15) is 4.79 Å². The number of carbonyl (C=O) groups is 1. The molecule has 1 rings (SSSR count). The molecule has 64 valence electrons. The highest BCUT2D eigenvalue weighted by atomic mass is 35.5. The third-order valence-corrected chi connectivity index (χ3v) is 2.05. The highest BCUT2D eigenvalue weighted by molar-refractivity contribution is 6.34. The van der Waals surface area contributed by atoms with Crippen molar-refractivity contribution in [2.45, 2.75) is 12.8 Å². The van der Waals surface area contributed by atoms with E-state index in [1.54, 1.807) is 6.92 Å². The summed E-state index contributed by atoms with van der Waals surface area (Å²) in [6.07, 6.45) is 2.00. The van der Waals surface area contributed by atoms with Crippen LogP contribution >= 0.6 is 23.2 Å². The number of hydrogen-bond acceptors (Lipinski definition) is 3. The monoisotopic (exact) mass is 204 g/mol. The number of hydrogen-bond donors (Lipinski definition) is 0. The SMILES string of the molecule is CC(C=O)c1c(Cl)ncnc1Cl. The van der Waals surface area contributed by atoms with Gasteiger partial charge in [0.2, 0.25) is 0 Å². The summed E-state index contributed by atoms with van der Waals surface area (Å²) in [7, 11) is 0. The summed E-state index contributed by atoms with van der Waals surface area (Å²) in [5.74, 6) is -0.369. The van der Waals surface area contributed by atoms with Crippen molar-refractivity contribution in [1.82, 2.24) is 9.97 Å². The van der Waals surface area contributed by atoms with E-state index in [-0.39, 0.29) is 16.2 Å². The van der Waals surface area contributed by atoms with E-state index >= 15 is 0 Å². The van der Waals surface area contributed by atoms with Gasteiger partial charge in [0.05, 0.1) is 0 Å². The van der Waals surface area contributed by atoms with Gasteiger partial charge in [0.15, 0.2) is 0 Å². The van der Waals surface area contributed by atoms with Crippen LogP contribution in [-0.2, 0) is 4.79 Å². The Hall–Kier alpha value is -0.670. The molecule has 1 aromatic rings. The van der Waals surface area contributed by atoms with Crippen LogP contribution in [0.5, 0.6) is 0 Å². The molecule has 1 unspecified atom stereocenters. The number of carbonyl (C=O) groups excluding carboxylic acids is 1. The second-order valence-electron chi connectivity index (χ2n) is 2.29. The van der Waals surface area contributed by atoms with Crippen molar-refractivity contribution in [3.8, 4) is 0 Å². The lowest BCUT2D eigenvalue weighted by atomic mass is 10.1. The van der Waals surface area contributed by atoms with Crippen LogP contribution in [-0.4, -0.2) is 16.3 Å². The fourth-order valence-corrected chi connectivity index (χ4v) is 1.46. The van der Waals surface area contributed by atoms with Gasteiger partial charge in [-0.05, 0) is 0 Å². The van der Waals surface area contributed by atoms with Gasteiger partial charge >= 0.3 is 0 Å². The van der Waals surface area contributed by atoms with Crippen molar-refractivity contribution < 1.29 is 4.79 Å². The predicted octanol–water partition coefficient (Wildman–Crippen LogP) is 2.09. The van der Waals surface area contributed by atoms with E-state index in [0.717, 1.165) is 6.29 Å². The van der Waals surface area contributed by atoms with E-state index in [1.165, 1.54) is 6.33 Å². The molecular weight excluding hydrogens is 199 g/mol. The first-order chi connectivity index (χ1) is 5.66. The average molecular weight is 205 g/mol. The number of aromatic nitrogens is 2. The van der Waals surface area contributed by atoms with E-state index in [4.69, 9.17) is 23.2 Å². The predicted molar refractivity (Wildman–Crippen MR) is 46.5 cm³/mol. The average Bonchev–Trinajstić information content (AvgIpc) is 2.03. The normalized spacial score (nSPS) is 12.6. The molecule has 1 aromatic heterocycles. The zero-order chi connectivity index (χ0) is 9.14. The standard InChI is InChI=1S/C7H6Cl2N2O/c1-4(2-12)5-6(8)10-3-11-7(5)9/h2-4H,1H3. The first-order valence-electron chi connectivity index (χ1n) is 3.28. The lowest BCUT2D eigenvalue weighted by Crippen LogP contribution is -1.99. The summed E-state index contributed by atoms with van der Waals surface area (Å²) < 4.78 is 0. The topological polar surface area (TPSA) is 42.9 Å². The molecule has 3 nitrogen and oxygen atoms in total. The smallest absolute Gasteiger partial charge is 0.137 e. The number of nitrogens with zero attached hydrogens (tertiary/aromatic N) is 2. The Balaban J connectivity index is 3.20. The molecule has 0 amide bonds. The second-order valence-corrected chi connectivity index (χ2v) is 3.01.